The van der Waals surface area contributed by atoms with Crippen LogP contribution in [0.25, 0.3) is 0 Å². The minimum Gasteiger partial charge on any atom is -0.375 e. The lowest BCUT2D eigenvalue weighted by atomic mass is 10.3. The summed E-state index contributed by atoms with van der Waals surface area (Å²) in [5.74, 6) is -0.112. The van der Waals surface area contributed by atoms with Gasteiger partial charge in [0.15, 0.2) is 0 Å². The molecule has 0 atom stereocenters. The number of rotatable bonds is 4. The van der Waals surface area contributed by atoms with E-state index in [1.54, 1.807) is 14.1 Å². The standard InChI is InChI=1S/C10H12ClN3O3/c1-13(2)10(15)6-12-9-4-3-7(14(16)17)5-8(9)11/h3-5,12H,6H2,1-2H3. The molecule has 1 rings (SSSR count). The largest absolute Gasteiger partial charge is 0.375 e. The highest BCUT2D eigenvalue weighted by atomic mass is 35.5. The van der Waals surface area contributed by atoms with Gasteiger partial charge < -0.3 is 10.2 Å². The van der Waals surface area contributed by atoms with Crippen molar-refractivity contribution in [2.24, 2.45) is 0 Å². The van der Waals surface area contributed by atoms with Crippen molar-refractivity contribution in [1.29, 1.82) is 0 Å². The molecule has 17 heavy (non-hydrogen) atoms. The molecule has 7 heteroatoms. The van der Waals surface area contributed by atoms with E-state index in [1.165, 1.54) is 23.1 Å². The van der Waals surface area contributed by atoms with Crippen LogP contribution in [0.15, 0.2) is 18.2 Å². The molecule has 0 bridgehead atoms. The number of amides is 1. The third-order valence-electron chi connectivity index (χ3n) is 2.09. The summed E-state index contributed by atoms with van der Waals surface area (Å²) in [6.45, 7) is 0.0878. The first kappa shape index (κ1) is 13.2. The molecule has 1 aromatic rings. The molecule has 92 valence electrons. The topological polar surface area (TPSA) is 75.5 Å². The lowest BCUT2D eigenvalue weighted by molar-refractivity contribution is -0.384. The molecule has 1 N–H and O–H groups in total. The van der Waals surface area contributed by atoms with Gasteiger partial charge in [0.05, 0.1) is 22.2 Å². The number of hydrogen-bond donors (Lipinski definition) is 1. The predicted molar refractivity (Wildman–Crippen MR) is 65.3 cm³/mol. The van der Waals surface area contributed by atoms with Gasteiger partial charge in [-0.2, -0.15) is 0 Å². The van der Waals surface area contributed by atoms with Gasteiger partial charge in [-0.1, -0.05) is 11.6 Å². The number of non-ortho nitro benzene ring substituents is 1. The Morgan fingerprint density at radius 1 is 1.53 bits per heavy atom. The Bertz CT molecular complexity index is 448. The maximum atomic E-state index is 11.3. The molecular weight excluding hydrogens is 246 g/mol. The Kier molecular flexibility index (Phi) is 4.28. The lowest BCUT2D eigenvalue weighted by Crippen LogP contribution is -2.28. The van der Waals surface area contributed by atoms with Gasteiger partial charge in [-0.05, 0) is 6.07 Å². The molecule has 0 fully saturated rings. The molecule has 0 aliphatic carbocycles. The molecular formula is C10H12ClN3O3. The van der Waals surface area contributed by atoms with E-state index in [2.05, 4.69) is 5.32 Å². The van der Waals surface area contributed by atoms with E-state index < -0.39 is 4.92 Å². The zero-order chi connectivity index (χ0) is 13.0. The van der Waals surface area contributed by atoms with Crippen LogP contribution < -0.4 is 5.32 Å². The fourth-order valence-electron chi connectivity index (χ4n) is 1.09. The van der Waals surface area contributed by atoms with Gasteiger partial charge in [0.25, 0.3) is 5.69 Å². The fourth-order valence-corrected chi connectivity index (χ4v) is 1.33. The number of hydrogen-bond acceptors (Lipinski definition) is 4. The summed E-state index contributed by atoms with van der Waals surface area (Å²) in [4.78, 5) is 22.7. The van der Waals surface area contributed by atoms with E-state index in [0.29, 0.717) is 5.69 Å². The van der Waals surface area contributed by atoms with Crippen molar-refractivity contribution in [3.63, 3.8) is 0 Å². The predicted octanol–water partition coefficient (Wildman–Crippen LogP) is 1.75. The Labute approximate surface area is 103 Å². The van der Waals surface area contributed by atoms with Crippen molar-refractivity contribution in [2.45, 2.75) is 0 Å². The maximum Gasteiger partial charge on any atom is 0.271 e. The van der Waals surface area contributed by atoms with Crippen molar-refractivity contribution in [1.82, 2.24) is 4.90 Å². The number of anilines is 1. The molecule has 0 heterocycles. The summed E-state index contributed by atoms with van der Waals surface area (Å²) < 4.78 is 0. The van der Waals surface area contributed by atoms with Crippen LogP contribution in [0.3, 0.4) is 0 Å². The summed E-state index contributed by atoms with van der Waals surface area (Å²) in [7, 11) is 3.28. The first-order valence-electron chi connectivity index (χ1n) is 4.80. The van der Waals surface area contributed by atoms with Crippen molar-refractivity contribution >= 4 is 28.9 Å². The number of halogens is 1. The van der Waals surface area contributed by atoms with Crippen LogP contribution in [0.5, 0.6) is 0 Å². The second-order valence-electron chi connectivity index (χ2n) is 3.56. The van der Waals surface area contributed by atoms with Gasteiger partial charge in [-0.15, -0.1) is 0 Å². The Morgan fingerprint density at radius 2 is 2.18 bits per heavy atom. The van der Waals surface area contributed by atoms with Crippen LogP contribution >= 0.6 is 11.6 Å². The zero-order valence-electron chi connectivity index (χ0n) is 9.44. The fraction of sp³-hybridized carbons (Fsp3) is 0.300. The summed E-state index contributed by atoms with van der Waals surface area (Å²) in [6.07, 6.45) is 0. The van der Waals surface area contributed by atoms with Crippen molar-refractivity contribution in [3.8, 4) is 0 Å². The summed E-state index contributed by atoms with van der Waals surface area (Å²) >= 11 is 5.84. The average molecular weight is 258 g/mol. The molecule has 0 aliphatic heterocycles. The van der Waals surface area contributed by atoms with Crippen molar-refractivity contribution in [2.75, 3.05) is 26.0 Å². The number of carbonyl (C=O) groups is 1. The summed E-state index contributed by atoms with van der Waals surface area (Å²) in [5.41, 5.74) is 0.409. The summed E-state index contributed by atoms with van der Waals surface area (Å²) in [6, 6.07) is 4.04. The van der Waals surface area contributed by atoms with E-state index >= 15 is 0 Å². The highest BCUT2D eigenvalue weighted by molar-refractivity contribution is 6.33. The molecule has 0 spiro atoms. The van der Waals surface area contributed by atoms with Gasteiger partial charge in [-0.25, -0.2) is 0 Å². The molecule has 0 radical (unpaired) electrons. The zero-order valence-corrected chi connectivity index (χ0v) is 10.2. The van der Waals surface area contributed by atoms with Crippen LogP contribution in [0.4, 0.5) is 11.4 Å². The highest BCUT2D eigenvalue weighted by Gasteiger charge is 2.10. The monoisotopic (exact) mass is 257 g/mol. The quantitative estimate of drug-likeness (QED) is 0.659. The van der Waals surface area contributed by atoms with E-state index in [-0.39, 0.29) is 23.2 Å². The number of nitro benzene ring substituents is 1. The second kappa shape index (κ2) is 5.49. The van der Waals surface area contributed by atoms with Gasteiger partial charge in [-0.3, -0.25) is 14.9 Å². The Hall–Kier alpha value is -1.82. The second-order valence-corrected chi connectivity index (χ2v) is 3.97. The molecule has 1 amide bonds. The number of likely N-dealkylation sites (N-methyl/N-ethyl adjacent to an activating group) is 1. The Balaban J connectivity index is 2.73. The SMILES string of the molecule is CN(C)C(=O)CNc1ccc([N+](=O)[O-])cc1Cl. The smallest absolute Gasteiger partial charge is 0.271 e. The molecule has 0 saturated carbocycles. The first-order chi connectivity index (χ1) is 7.91. The molecule has 0 unspecified atom stereocenters. The number of nitrogens with zero attached hydrogens (tertiary/aromatic N) is 2. The number of nitrogens with one attached hydrogen (secondary N) is 1. The number of benzene rings is 1. The number of carbonyl (C=O) groups excluding carboxylic acids is 1. The van der Waals surface area contributed by atoms with Crippen LogP contribution in [0.1, 0.15) is 0 Å². The minimum absolute atomic E-state index is 0.0838. The van der Waals surface area contributed by atoms with Gasteiger partial charge in [0, 0.05) is 26.2 Å². The van der Waals surface area contributed by atoms with Crippen LogP contribution in [0, 0.1) is 10.1 Å². The average Bonchev–Trinajstić information content (AvgIpc) is 2.26. The van der Waals surface area contributed by atoms with E-state index in [0.717, 1.165) is 0 Å². The molecule has 1 aromatic carbocycles. The van der Waals surface area contributed by atoms with Crippen LogP contribution in [0.2, 0.25) is 5.02 Å². The normalized spacial score (nSPS) is 9.82. The van der Waals surface area contributed by atoms with Crippen LogP contribution in [-0.2, 0) is 4.79 Å². The molecule has 0 aliphatic rings. The Morgan fingerprint density at radius 3 is 2.65 bits per heavy atom. The van der Waals surface area contributed by atoms with E-state index in [4.69, 9.17) is 11.6 Å². The summed E-state index contributed by atoms with van der Waals surface area (Å²) in [5, 5.41) is 13.5. The third-order valence-corrected chi connectivity index (χ3v) is 2.41. The maximum absolute atomic E-state index is 11.3. The van der Waals surface area contributed by atoms with Crippen molar-refractivity contribution < 1.29 is 9.72 Å². The highest BCUT2D eigenvalue weighted by Crippen LogP contribution is 2.26. The molecule has 6 nitrogen and oxygen atoms in total. The van der Waals surface area contributed by atoms with E-state index in [9.17, 15) is 14.9 Å². The van der Waals surface area contributed by atoms with Crippen molar-refractivity contribution in [3.05, 3.63) is 33.3 Å². The number of nitro groups is 1. The van der Waals surface area contributed by atoms with E-state index in [1.807, 2.05) is 0 Å². The minimum atomic E-state index is -0.527. The molecule has 0 saturated heterocycles. The third kappa shape index (κ3) is 3.60. The lowest BCUT2D eigenvalue weighted by Gasteiger charge is -2.12. The molecule has 0 aromatic heterocycles. The first-order valence-corrected chi connectivity index (χ1v) is 5.17. The van der Waals surface area contributed by atoms with Gasteiger partial charge in [0.1, 0.15) is 0 Å². The van der Waals surface area contributed by atoms with Gasteiger partial charge >= 0.3 is 0 Å². The van der Waals surface area contributed by atoms with Gasteiger partial charge in [0.2, 0.25) is 5.91 Å². The van der Waals surface area contributed by atoms with Crippen LogP contribution in [-0.4, -0.2) is 36.4 Å².